The number of hydrogen-bond donors (Lipinski definition) is 0. The van der Waals surface area contributed by atoms with Gasteiger partial charge in [0.25, 0.3) is 0 Å². The summed E-state index contributed by atoms with van der Waals surface area (Å²) >= 11 is 0. The van der Waals surface area contributed by atoms with Crippen molar-refractivity contribution in [1.82, 2.24) is 0 Å². The first-order valence-electron chi connectivity index (χ1n) is 6.16. The van der Waals surface area contributed by atoms with Gasteiger partial charge in [-0.05, 0) is 12.1 Å². The Balaban J connectivity index is 3.09. The van der Waals surface area contributed by atoms with Crippen LogP contribution in [0.3, 0.4) is 0 Å². The van der Waals surface area contributed by atoms with Gasteiger partial charge in [-0.2, -0.15) is 7.79 Å². The molecule has 0 amide bonds. The van der Waals surface area contributed by atoms with E-state index >= 15 is 0 Å². The molecule has 0 fully saturated rings. The second kappa shape index (κ2) is 5.26. The van der Waals surface area contributed by atoms with Crippen LogP contribution in [0.5, 0.6) is 0 Å². The van der Waals surface area contributed by atoms with Gasteiger partial charge < -0.3 is 15.1 Å². The van der Waals surface area contributed by atoms with Crippen LogP contribution in [0, 0.1) is 0 Å². The molecule has 0 aliphatic heterocycles. The molecule has 18 heavy (non-hydrogen) atoms. The zero-order valence-electron chi connectivity index (χ0n) is 12.1. The molecule has 0 unspecified atom stereocenters. The number of nitrogens with zero attached hydrogens (tertiary/aromatic N) is 2. The van der Waals surface area contributed by atoms with E-state index in [-0.39, 0.29) is 11.1 Å². The van der Waals surface area contributed by atoms with Crippen LogP contribution < -0.4 is 10.2 Å². The monoisotopic (exact) mass is 266 g/mol. The molecule has 0 spiro atoms. The van der Waals surface area contributed by atoms with Crippen LogP contribution >= 0.6 is 7.79 Å². The van der Waals surface area contributed by atoms with Gasteiger partial charge in [-0.3, -0.25) is 0 Å². The van der Waals surface area contributed by atoms with E-state index in [0.29, 0.717) is 5.30 Å². The molecule has 0 aromatic heterocycles. The third-order valence-electron chi connectivity index (χ3n) is 1.96. The summed E-state index contributed by atoms with van der Waals surface area (Å²) in [4.78, 5) is 13.1. The van der Waals surface area contributed by atoms with Gasteiger partial charge >= 0.3 is 0 Å². The molecular formula is C14H23N2OP-2. The predicted octanol–water partition coefficient (Wildman–Crippen LogP) is 3.78. The number of benzene rings is 1. The summed E-state index contributed by atoms with van der Waals surface area (Å²) in [6.07, 6.45) is 0. The van der Waals surface area contributed by atoms with E-state index in [1.165, 1.54) is 0 Å². The quantitative estimate of drug-likeness (QED) is 0.768. The van der Waals surface area contributed by atoms with Crippen molar-refractivity contribution < 1.29 is 4.89 Å². The smallest absolute Gasteiger partial charge is 0.0592 e. The van der Waals surface area contributed by atoms with Gasteiger partial charge in [-0.15, -0.1) is 11.1 Å². The molecule has 1 aromatic rings. The van der Waals surface area contributed by atoms with E-state index in [1.807, 2.05) is 71.9 Å². The fourth-order valence-electron chi connectivity index (χ4n) is 1.57. The van der Waals surface area contributed by atoms with E-state index in [1.54, 1.807) is 0 Å². The van der Waals surface area contributed by atoms with Crippen molar-refractivity contribution >= 4 is 13.1 Å². The van der Waals surface area contributed by atoms with Crippen LogP contribution in [0.15, 0.2) is 30.3 Å². The third-order valence-corrected chi connectivity index (χ3v) is 4.68. The van der Waals surface area contributed by atoms with E-state index in [2.05, 4.69) is 10.2 Å². The van der Waals surface area contributed by atoms with Crippen molar-refractivity contribution in [2.45, 2.75) is 52.6 Å². The van der Waals surface area contributed by atoms with E-state index in [9.17, 15) is 4.89 Å². The molecule has 1 aromatic carbocycles. The Morgan fingerprint density at radius 3 is 1.56 bits per heavy atom. The van der Waals surface area contributed by atoms with Gasteiger partial charge in [0.2, 0.25) is 0 Å². The Morgan fingerprint density at radius 2 is 1.22 bits per heavy atom. The molecule has 0 aliphatic carbocycles. The van der Waals surface area contributed by atoms with Crippen molar-refractivity contribution in [2.24, 2.45) is 0 Å². The van der Waals surface area contributed by atoms with E-state index in [4.69, 9.17) is 0 Å². The van der Waals surface area contributed by atoms with Crippen LogP contribution in [0.4, 0.5) is 0 Å². The minimum Gasteiger partial charge on any atom is -0.697 e. The molecule has 3 nitrogen and oxygen atoms in total. The highest BCUT2D eigenvalue weighted by Crippen LogP contribution is 2.66. The van der Waals surface area contributed by atoms with Crippen LogP contribution in [0.2, 0.25) is 0 Å². The Kier molecular flexibility index (Phi) is 4.56. The SMILES string of the molecule is CC(C)(C)[N-][P+]([O-])([N-]C(C)(C)C)c1ccccc1. The molecule has 0 bridgehead atoms. The zero-order chi connectivity index (χ0) is 14.0. The van der Waals surface area contributed by atoms with Crippen LogP contribution in [-0.2, 0) is 0 Å². The molecule has 0 radical (unpaired) electrons. The lowest BCUT2D eigenvalue weighted by molar-refractivity contribution is -0.162. The topological polar surface area (TPSA) is 51.3 Å². The summed E-state index contributed by atoms with van der Waals surface area (Å²) in [6.45, 7) is 11.7. The molecule has 0 N–H and O–H groups in total. The van der Waals surface area contributed by atoms with Crippen LogP contribution in [-0.4, -0.2) is 11.1 Å². The summed E-state index contributed by atoms with van der Waals surface area (Å²) in [5.41, 5.74) is -0.750. The van der Waals surface area contributed by atoms with Gasteiger partial charge in [-0.25, -0.2) is 0 Å². The second-order valence-corrected chi connectivity index (χ2v) is 8.43. The van der Waals surface area contributed by atoms with Gasteiger partial charge in [0.1, 0.15) is 0 Å². The Hall–Kier alpha value is -0.470. The molecule has 0 saturated carbocycles. The minimum atomic E-state index is -3.06. The molecule has 0 atom stereocenters. The lowest BCUT2D eigenvalue weighted by Gasteiger charge is -2.62. The lowest BCUT2D eigenvalue weighted by atomic mass is 10.1. The Morgan fingerprint density at radius 1 is 0.833 bits per heavy atom. The predicted molar refractivity (Wildman–Crippen MR) is 79.2 cm³/mol. The van der Waals surface area contributed by atoms with Crippen molar-refractivity contribution in [3.63, 3.8) is 0 Å². The summed E-state index contributed by atoms with van der Waals surface area (Å²) in [5, 5.41) is 9.67. The average Bonchev–Trinajstić information content (AvgIpc) is 2.13. The van der Waals surface area contributed by atoms with Crippen molar-refractivity contribution in [1.29, 1.82) is 0 Å². The molecule has 0 saturated heterocycles. The maximum atomic E-state index is 13.1. The summed E-state index contributed by atoms with van der Waals surface area (Å²) in [7, 11) is -3.06. The highest BCUT2D eigenvalue weighted by Gasteiger charge is 2.17. The van der Waals surface area contributed by atoms with Gasteiger partial charge in [0.05, 0.1) is 5.30 Å². The first-order valence-corrected chi connectivity index (χ1v) is 7.78. The van der Waals surface area contributed by atoms with Crippen LogP contribution in [0.1, 0.15) is 41.5 Å². The fraction of sp³-hybridized carbons (Fsp3) is 0.571. The van der Waals surface area contributed by atoms with Crippen molar-refractivity contribution in [3.8, 4) is 0 Å². The normalized spacial score (nSPS) is 13.7. The summed E-state index contributed by atoms with van der Waals surface area (Å²) in [6, 6.07) is 9.33. The number of hydrogen-bond acceptors (Lipinski definition) is 1. The third kappa shape index (κ3) is 5.03. The second-order valence-electron chi connectivity index (χ2n) is 6.42. The maximum absolute atomic E-state index is 13.1. The van der Waals surface area contributed by atoms with Gasteiger partial charge in [0.15, 0.2) is 0 Å². The van der Waals surface area contributed by atoms with Gasteiger partial charge in [0, 0.05) is 0 Å². The highest BCUT2D eigenvalue weighted by molar-refractivity contribution is 7.81. The minimum absolute atomic E-state index is 0.375. The molecule has 1 rings (SSSR count). The largest absolute Gasteiger partial charge is 0.697 e. The van der Waals surface area contributed by atoms with Gasteiger partial charge in [-0.1, -0.05) is 59.7 Å². The highest BCUT2D eigenvalue weighted by atomic mass is 31.2. The molecule has 102 valence electrons. The average molecular weight is 266 g/mol. The fourth-order valence-corrected chi connectivity index (χ4v) is 4.04. The van der Waals surface area contributed by atoms with E-state index < -0.39 is 7.79 Å². The van der Waals surface area contributed by atoms with E-state index in [0.717, 1.165) is 0 Å². The Labute approximate surface area is 112 Å². The molecule has 0 aliphatic rings. The maximum Gasteiger partial charge on any atom is 0.0592 e. The first kappa shape index (κ1) is 15.6. The molecule has 4 heteroatoms. The summed E-state index contributed by atoms with van der Waals surface area (Å²) in [5.74, 6) is 0. The molecular weight excluding hydrogens is 243 g/mol. The standard InChI is InChI=1S/C14H23N2OP/c1-13(2,3)15-18(17,16-14(4,5)6)12-10-8-7-9-11-12/h7-11H,1-6H3/q-2. The van der Waals surface area contributed by atoms with Crippen molar-refractivity contribution in [3.05, 3.63) is 40.5 Å². The van der Waals surface area contributed by atoms with Crippen molar-refractivity contribution in [2.75, 3.05) is 0 Å². The lowest BCUT2D eigenvalue weighted by Crippen LogP contribution is -2.30. The Bertz CT molecular complexity index is 363. The summed E-state index contributed by atoms with van der Waals surface area (Å²) < 4.78 is 0. The zero-order valence-corrected chi connectivity index (χ0v) is 13.0. The number of rotatable bonds is 3. The van der Waals surface area contributed by atoms with Crippen LogP contribution in [0.25, 0.3) is 10.2 Å². The molecule has 0 heterocycles. The first-order chi connectivity index (χ1) is 8.02.